The molecule has 2 N–H and O–H groups in total. The van der Waals surface area contributed by atoms with Gasteiger partial charge < -0.3 is 5.73 Å². The van der Waals surface area contributed by atoms with Gasteiger partial charge in [-0.25, -0.2) is 0 Å². The number of alkyl halides is 3. The lowest BCUT2D eigenvalue weighted by Crippen LogP contribution is -2.18. The van der Waals surface area contributed by atoms with Gasteiger partial charge in [0.25, 0.3) is 11.7 Å². The monoisotopic (exact) mass is 338 g/mol. The first kappa shape index (κ1) is 16.0. The van der Waals surface area contributed by atoms with Crippen molar-refractivity contribution >= 4 is 23.3 Å². The summed E-state index contributed by atoms with van der Waals surface area (Å²) in [7, 11) is 0. The van der Waals surface area contributed by atoms with Crippen molar-refractivity contribution < 1.29 is 18.0 Å². The molecule has 0 unspecified atom stereocenters. The van der Waals surface area contributed by atoms with Crippen molar-refractivity contribution in [3.05, 3.63) is 35.7 Å². The van der Waals surface area contributed by atoms with E-state index >= 15 is 0 Å². The summed E-state index contributed by atoms with van der Waals surface area (Å²) < 4.78 is 38.2. The first-order valence-corrected chi connectivity index (χ1v) is 7.02. The van der Waals surface area contributed by atoms with E-state index in [1.165, 1.54) is 12.1 Å². The van der Waals surface area contributed by atoms with Crippen LogP contribution in [-0.4, -0.2) is 32.9 Å². The van der Waals surface area contributed by atoms with Crippen LogP contribution in [0.4, 0.5) is 24.8 Å². The van der Waals surface area contributed by atoms with Gasteiger partial charge in [0.2, 0.25) is 5.95 Å². The van der Waals surface area contributed by atoms with Crippen LogP contribution in [0.1, 0.15) is 29.5 Å². The van der Waals surface area contributed by atoms with Crippen molar-refractivity contribution in [2.24, 2.45) is 5.10 Å². The lowest BCUT2D eigenvalue weighted by molar-refractivity contribution is -0.144. The molecule has 0 atom stereocenters. The van der Waals surface area contributed by atoms with Crippen molar-refractivity contribution in [3.8, 4) is 0 Å². The van der Waals surface area contributed by atoms with Crippen LogP contribution in [0.3, 0.4) is 0 Å². The summed E-state index contributed by atoms with van der Waals surface area (Å²) in [5.74, 6) is -2.86. The van der Waals surface area contributed by atoms with E-state index < -0.39 is 23.9 Å². The van der Waals surface area contributed by atoms with Gasteiger partial charge in [-0.3, -0.25) is 9.80 Å². The number of rotatable bonds is 2. The van der Waals surface area contributed by atoms with Gasteiger partial charge in [0.15, 0.2) is 0 Å². The summed E-state index contributed by atoms with van der Waals surface area (Å²) in [6.07, 6.45) is -3.91. The fourth-order valence-electron chi connectivity index (χ4n) is 2.25. The zero-order chi connectivity index (χ0) is 17.5. The van der Waals surface area contributed by atoms with Crippen LogP contribution in [0.15, 0.2) is 29.4 Å². The second kappa shape index (κ2) is 5.62. The zero-order valence-electron chi connectivity index (χ0n) is 12.6. The Morgan fingerprint density at radius 3 is 2.42 bits per heavy atom. The predicted molar refractivity (Wildman–Crippen MR) is 80.7 cm³/mol. The van der Waals surface area contributed by atoms with Gasteiger partial charge in [-0.2, -0.15) is 27.9 Å². The number of hydrogen-bond donors (Lipinski definition) is 1. The highest BCUT2D eigenvalue weighted by Crippen LogP contribution is 2.27. The number of benzene rings is 1. The molecule has 0 aliphatic carbocycles. The van der Waals surface area contributed by atoms with E-state index in [0.717, 1.165) is 24.4 Å². The minimum atomic E-state index is -4.77. The second-order valence-corrected chi connectivity index (χ2v) is 5.26. The molecule has 1 aromatic carbocycles. The van der Waals surface area contributed by atoms with Crippen molar-refractivity contribution in [2.45, 2.75) is 19.5 Å². The summed E-state index contributed by atoms with van der Waals surface area (Å²) in [5, 5.41) is 9.26. The predicted octanol–water partition coefficient (Wildman–Crippen LogP) is 2.15. The minimum Gasteiger partial charge on any atom is -0.368 e. The normalized spacial score (nSPS) is 14.8. The molecule has 0 radical (unpaired) electrons. The molecule has 126 valence electrons. The average Bonchev–Trinajstić information content (AvgIpc) is 3.12. The summed E-state index contributed by atoms with van der Waals surface area (Å²) in [4.78, 5) is 15.3. The topological polar surface area (TPSA) is 89.4 Å². The van der Waals surface area contributed by atoms with Gasteiger partial charge >= 0.3 is 6.18 Å². The van der Waals surface area contributed by atoms with Crippen LogP contribution >= 0.6 is 0 Å². The Morgan fingerprint density at radius 1 is 1.25 bits per heavy atom. The molecule has 2 heterocycles. The number of aromatic nitrogens is 3. The molecule has 1 aromatic heterocycles. The lowest BCUT2D eigenvalue weighted by Gasteiger charge is -2.13. The number of nitrogens with zero attached hydrogens (tertiary/aromatic N) is 5. The van der Waals surface area contributed by atoms with Gasteiger partial charge in [0.1, 0.15) is 0 Å². The molecule has 3 rings (SSSR count). The van der Waals surface area contributed by atoms with Crippen molar-refractivity contribution in [2.75, 3.05) is 17.3 Å². The molecule has 0 bridgehead atoms. The third-order valence-corrected chi connectivity index (χ3v) is 3.47. The smallest absolute Gasteiger partial charge is 0.368 e. The van der Waals surface area contributed by atoms with Gasteiger partial charge in [0.05, 0.1) is 5.69 Å². The Hall–Kier alpha value is -2.91. The Kier molecular flexibility index (Phi) is 3.74. The molecule has 0 saturated carbocycles. The van der Waals surface area contributed by atoms with Crippen molar-refractivity contribution in [3.63, 3.8) is 0 Å². The summed E-state index contributed by atoms with van der Waals surface area (Å²) >= 11 is 0. The highest BCUT2D eigenvalue weighted by Gasteiger charge is 2.37. The van der Waals surface area contributed by atoms with E-state index in [1.54, 1.807) is 17.1 Å². The Balaban J connectivity index is 1.84. The quantitative estimate of drug-likeness (QED) is 0.906. The zero-order valence-corrected chi connectivity index (χ0v) is 12.6. The van der Waals surface area contributed by atoms with Crippen LogP contribution < -0.4 is 10.7 Å². The van der Waals surface area contributed by atoms with Gasteiger partial charge in [-0.05, 0) is 31.2 Å². The number of carbonyl (C=O) groups is 1. The minimum absolute atomic E-state index is 0.143. The summed E-state index contributed by atoms with van der Waals surface area (Å²) in [6, 6.07) is 6.28. The number of nitrogen functional groups attached to an aromatic ring is 1. The van der Waals surface area contributed by atoms with Crippen LogP contribution in [0, 0.1) is 0 Å². The molecule has 0 fully saturated rings. The average molecular weight is 338 g/mol. The van der Waals surface area contributed by atoms with E-state index in [2.05, 4.69) is 15.2 Å². The molecule has 24 heavy (non-hydrogen) atoms. The molecule has 0 saturated heterocycles. The SMILES string of the molecule is CC1=NN(c2ccc(C(=O)n3nc(C(F)(F)F)nc3N)cc2)CC1. The molecule has 2 aromatic rings. The number of hydrazone groups is 1. The first-order chi connectivity index (χ1) is 11.3. The van der Waals surface area contributed by atoms with Crippen molar-refractivity contribution in [1.29, 1.82) is 0 Å². The third kappa shape index (κ3) is 2.94. The molecule has 7 nitrogen and oxygen atoms in total. The Morgan fingerprint density at radius 2 is 1.92 bits per heavy atom. The summed E-state index contributed by atoms with van der Waals surface area (Å²) in [5.41, 5.74) is 7.29. The standard InChI is InChI=1S/C14H13F3N6O/c1-8-6-7-22(20-8)10-4-2-9(3-5-10)11(24)23-13(18)19-12(21-23)14(15,16)17/h2-5H,6-7H2,1H3,(H2,18,19,21). The van der Waals surface area contributed by atoms with Crippen LogP contribution in [0.2, 0.25) is 0 Å². The first-order valence-electron chi connectivity index (χ1n) is 7.02. The van der Waals surface area contributed by atoms with Crippen LogP contribution in [0.5, 0.6) is 0 Å². The maximum atomic E-state index is 12.6. The molecule has 0 amide bonds. The van der Waals surface area contributed by atoms with Crippen LogP contribution in [0.25, 0.3) is 0 Å². The highest BCUT2D eigenvalue weighted by atomic mass is 19.4. The van der Waals surface area contributed by atoms with E-state index in [4.69, 9.17) is 5.73 Å². The second-order valence-electron chi connectivity index (χ2n) is 5.26. The number of nitrogens with two attached hydrogens (primary N) is 1. The molecule has 1 aliphatic rings. The Bertz CT molecular complexity index is 809. The highest BCUT2D eigenvalue weighted by molar-refractivity contribution is 5.97. The third-order valence-electron chi connectivity index (χ3n) is 3.47. The molecular formula is C14H13F3N6O. The lowest BCUT2D eigenvalue weighted by atomic mass is 10.2. The van der Waals surface area contributed by atoms with E-state index in [9.17, 15) is 18.0 Å². The van der Waals surface area contributed by atoms with Gasteiger partial charge in [0, 0.05) is 24.2 Å². The Labute approximate surface area is 134 Å². The van der Waals surface area contributed by atoms with Gasteiger partial charge in [-0.1, -0.05) is 0 Å². The fraction of sp³-hybridized carbons (Fsp3) is 0.286. The molecule has 1 aliphatic heterocycles. The molecule has 10 heteroatoms. The number of hydrogen-bond acceptors (Lipinski definition) is 6. The van der Waals surface area contributed by atoms with E-state index in [-0.39, 0.29) is 5.56 Å². The van der Waals surface area contributed by atoms with E-state index in [1.807, 2.05) is 6.92 Å². The maximum Gasteiger partial charge on any atom is 0.453 e. The van der Waals surface area contributed by atoms with E-state index in [0.29, 0.717) is 4.68 Å². The molecular weight excluding hydrogens is 325 g/mol. The largest absolute Gasteiger partial charge is 0.453 e. The summed E-state index contributed by atoms with van der Waals surface area (Å²) in [6.45, 7) is 2.66. The number of halogens is 3. The van der Waals surface area contributed by atoms with Crippen LogP contribution in [-0.2, 0) is 6.18 Å². The maximum absolute atomic E-state index is 12.6. The number of anilines is 2. The van der Waals surface area contributed by atoms with Crippen molar-refractivity contribution in [1.82, 2.24) is 14.8 Å². The number of carbonyl (C=O) groups excluding carboxylic acids is 1. The fourth-order valence-corrected chi connectivity index (χ4v) is 2.25. The van der Waals surface area contributed by atoms with Gasteiger partial charge in [-0.15, -0.1) is 5.10 Å². The molecule has 0 spiro atoms.